The molecule has 2 heterocycles. The number of piperidine rings is 1. The Labute approximate surface area is 229 Å². The van der Waals surface area contributed by atoms with Crippen LogP contribution in [-0.2, 0) is 11.0 Å². The third-order valence-corrected chi connectivity index (χ3v) is 7.94. The minimum absolute atomic E-state index is 0.0262. The van der Waals surface area contributed by atoms with Crippen LogP contribution in [0.4, 0.5) is 33.7 Å². The molecule has 3 fully saturated rings. The van der Waals surface area contributed by atoms with Crippen LogP contribution in [0, 0.1) is 17.1 Å². The zero-order valence-corrected chi connectivity index (χ0v) is 21.9. The average molecular weight is 560 g/mol. The number of amides is 3. The highest BCUT2D eigenvalue weighted by molar-refractivity contribution is 6.08. The van der Waals surface area contributed by atoms with E-state index in [1.165, 1.54) is 28.0 Å². The predicted octanol–water partition coefficient (Wildman–Crippen LogP) is 5.23. The second-order valence-electron chi connectivity index (χ2n) is 10.5. The molecule has 0 aromatic heterocycles. The number of fused-ring (bicyclic) bond motifs is 1. The molecule has 2 aromatic carbocycles. The topological polar surface area (TPSA) is 88.9 Å². The molecule has 1 N–H and O–H groups in total. The van der Waals surface area contributed by atoms with E-state index in [4.69, 9.17) is 10.1 Å². The van der Waals surface area contributed by atoms with Crippen molar-refractivity contribution in [1.82, 2.24) is 10.4 Å². The number of hydroxylamine groups is 1. The molecule has 3 amide bonds. The number of halogens is 4. The van der Waals surface area contributed by atoms with Crippen molar-refractivity contribution in [2.45, 2.75) is 62.9 Å². The van der Waals surface area contributed by atoms with Gasteiger partial charge in [0, 0.05) is 24.5 Å². The fourth-order valence-electron chi connectivity index (χ4n) is 5.84. The van der Waals surface area contributed by atoms with Crippen molar-refractivity contribution in [1.29, 1.82) is 5.26 Å². The Kier molecular flexibility index (Phi) is 7.70. The maximum Gasteiger partial charge on any atom is 0.417 e. The molecular formula is C28H29F4N5O3. The van der Waals surface area contributed by atoms with E-state index in [0.717, 1.165) is 57.0 Å². The van der Waals surface area contributed by atoms with Crippen LogP contribution in [-0.4, -0.2) is 55.2 Å². The lowest BCUT2D eigenvalue weighted by molar-refractivity contribution is -0.137. The molecule has 1 saturated carbocycles. The normalized spacial score (nSPS) is 22.2. The number of urea groups is 1. The second kappa shape index (κ2) is 11.1. The molecule has 3 aliphatic rings. The Bertz CT molecular complexity index is 1340. The molecule has 12 heteroatoms. The van der Waals surface area contributed by atoms with Gasteiger partial charge in [0.15, 0.2) is 0 Å². The van der Waals surface area contributed by atoms with Gasteiger partial charge in [0.1, 0.15) is 5.82 Å². The van der Waals surface area contributed by atoms with Gasteiger partial charge < -0.3 is 4.90 Å². The summed E-state index contributed by atoms with van der Waals surface area (Å²) in [7, 11) is 2.00. The van der Waals surface area contributed by atoms with E-state index in [9.17, 15) is 22.8 Å². The minimum atomic E-state index is -4.77. The Morgan fingerprint density at radius 2 is 1.60 bits per heavy atom. The Morgan fingerprint density at radius 1 is 1.00 bits per heavy atom. The van der Waals surface area contributed by atoms with Crippen molar-refractivity contribution in [3.63, 3.8) is 0 Å². The molecule has 40 heavy (non-hydrogen) atoms. The summed E-state index contributed by atoms with van der Waals surface area (Å²) in [5, 5.41) is 9.15. The molecule has 212 valence electrons. The van der Waals surface area contributed by atoms with Crippen molar-refractivity contribution in [2.24, 2.45) is 0 Å². The average Bonchev–Trinajstić information content (AvgIpc) is 3.23. The largest absolute Gasteiger partial charge is 0.417 e. The van der Waals surface area contributed by atoms with E-state index in [1.54, 1.807) is 6.07 Å². The lowest BCUT2D eigenvalue weighted by atomic mass is 9.89. The van der Waals surface area contributed by atoms with Crippen LogP contribution < -0.4 is 15.3 Å². The maximum absolute atomic E-state index is 15.2. The summed E-state index contributed by atoms with van der Waals surface area (Å²) >= 11 is 0. The molecule has 2 aromatic rings. The van der Waals surface area contributed by atoms with Gasteiger partial charge in [-0.25, -0.2) is 14.7 Å². The van der Waals surface area contributed by atoms with E-state index in [0.29, 0.717) is 12.8 Å². The van der Waals surface area contributed by atoms with Crippen LogP contribution in [0.15, 0.2) is 36.4 Å². The first-order valence-corrected chi connectivity index (χ1v) is 13.3. The molecule has 0 unspecified atom stereocenters. The maximum atomic E-state index is 15.2. The zero-order chi connectivity index (χ0) is 28.6. The van der Waals surface area contributed by atoms with Crippen molar-refractivity contribution in [3.05, 3.63) is 58.9 Å². The Morgan fingerprint density at radius 3 is 2.17 bits per heavy atom. The summed E-state index contributed by atoms with van der Waals surface area (Å²) in [4.78, 5) is 36.6. The number of hydrogen-bond donors (Lipinski definition) is 1. The number of nitrogens with one attached hydrogen (secondary N) is 1. The van der Waals surface area contributed by atoms with Crippen LogP contribution in [0.1, 0.15) is 60.0 Å². The van der Waals surface area contributed by atoms with Crippen molar-refractivity contribution in [3.8, 4) is 6.07 Å². The molecule has 8 nitrogen and oxygen atoms in total. The fourth-order valence-corrected chi connectivity index (χ4v) is 5.84. The quantitative estimate of drug-likeness (QED) is 0.401. The van der Waals surface area contributed by atoms with Crippen molar-refractivity contribution < 1.29 is 32.0 Å². The third-order valence-electron chi connectivity index (χ3n) is 7.94. The van der Waals surface area contributed by atoms with Crippen molar-refractivity contribution in [2.75, 3.05) is 29.9 Å². The monoisotopic (exact) mass is 559 g/mol. The summed E-state index contributed by atoms with van der Waals surface area (Å²) in [6.45, 7) is 1.65. The summed E-state index contributed by atoms with van der Waals surface area (Å²) in [6, 6.07) is 7.19. The molecule has 0 bridgehead atoms. The molecule has 0 radical (unpaired) electrons. The lowest BCUT2D eigenvalue weighted by Crippen LogP contribution is -2.40. The van der Waals surface area contributed by atoms with Gasteiger partial charge in [-0.2, -0.15) is 18.4 Å². The molecule has 0 spiro atoms. The lowest BCUT2D eigenvalue weighted by Gasteiger charge is -2.32. The number of likely N-dealkylation sites (tertiary alicyclic amines) is 1. The van der Waals surface area contributed by atoms with Crippen molar-refractivity contribution >= 4 is 23.3 Å². The van der Waals surface area contributed by atoms with Gasteiger partial charge in [-0.3, -0.25) is 19.4 Å². The number of anilines is 2. The van der Waals surface area contributed by atoms with Gasteiger partial charge >= 0.3 is 12.2 Å². The first kappa shape index (κ1) is 27.9. The highest BCUT2D eigenvalue weighted by Crippen LogP contribution is 2.42. The summed E-state index contributed by atoms with van der Waals surface area (Å²) in [5.74, 6) is -1.59. The molecule has 2 saturated heterocycles. The molecule has 2 atom stereocenters. The van der Waals surface area contributed by atoms with Crippen LogP contribution in [0.5, 0.6) is 0 Å². The highest BCUT2D eigenvalue weighted by Gasteiger charge is 2.48. The van der Waals surface area contributed by atoms with Crippen LogP contribution in [0.2, 0.25) is 0 Å². The number of carbonyl (C=O) groups excluding carboxylic acids is 2. The van der Waals surface area contributed by atoms with Gasteiger partial charge in [-0.15, -0.1) is 0 Å². The van der Waals surface area contributed by atoms with E-state index in [-0.39, 0.29) is 23.0 Å². The molecule has 1 aliphatic carbocycles. The van der Waals surface area contributed by atoms with Gasteiger partial charge in [-0.1, -0.05) is 12.8 Å². The number of nitrogens with zero attached hydrogens (tertiary/aromatic N) is 4. The third kappa shape index (κ3) is 5.36. The fraction of sp³-hybridized carbons (Fsp3) is 0.464. The second-order valence-corrected chi connectivity index (χ2v) is 10.5. The smallest absolute Gasteiger partial charge is 0.306 e. The van der Waals surface area contributed by atoms with Crippen LogP contribution in [0.3, 0.4) is 0 Å². The zero-order valence-electron chi connectivity index (χ0n) is 21.9. The van der Waals surface area contributed by atoms with Gasteiger partial charge in [0.25, 0.3) is 5.91 Å². The van der Waals surface area contributed by atoms with E-state index in [2.05, 4.69) is 10.4 Å². The number of benzene rings is 2. The van der Waals surface area contributed by atoms with Crippen LogP contribution in [0.25, 0.3) is 0 Å². The Balaban J connectivity index is 1.39. The van der Waals surface area contributed by atoms with E-state index in [1.807, 2.05) is 7.05 Å². The van der Waals surface area contributed by atoms with Gasteiger partial charge in [-0.05, 0) is 69.1 Å². The standard InChI is InChI=1S/C28H29F4N5O3/c1-35-12-10-20(11-13-35)40-34-26(38)21-9-8-19(15-23(21)29)37-25-5-3-2-4-24(25)36(27(37)39)18-7-6-17(16-33)22(14-18)28(30,31)32/h6-9,14-15,20,24-25H,2-5,10-13H2,1H3,(H,34,38)/t24-,25-/m1/s1. The summed E-state index contributed by atoms with van der Waals surface area (Å²) < 4.78 is 56.1. The Hall–Kier alpha value is -3.69. The van der Waals surface area contributed by atoms with E-state index < -0.39 is 47.1 Å². The molecule has 2 aliphatic heterocycles. The first-order valence-electron chi connectivity index (χ1n) is 13.3. The van der Waals surface area contributed by atoms with Gasteiger partial charge in [0.05, 0.1) is 40.9 Å². The SMILES string of the molecule is CN1CCC(ONC(=O)c2ccc(N3C(=O)N(c4ccc(C#N)c(C(F)(F)F)c4)[C@@H]4CCCC[C@H]43)cc2F)CC1. The number of nitriles is 1. The van der Waals surface area contributed by atoms with Gasteiger partial charge in [0.2, 0.25) is 0 Å². The summed E-state index contributed by atoms with van der Waals surface area (Å²) in [6.07, 6.45) is -0.737. The molecule has 5 rings (SSSR count). The number of rotatable bonds is 5. The predicted molar refractivity (Wildman–Crippen MR) is 138 cm³/mol. The molecular weight excluding hydrogens is 530 g/mol. The van der Waals surface area contributed by atoms with E-state index >= 15 is 4.39 Å². The summed E-state index contributed by atoms with van der Waals surface area (Å²) in [5.41, 5.74) is 0.660. The highest BCUT2D eigenvalue weighted by atomic mass is 19.4. The van der Waals surface area contributed by atoms with Crippen LogP contribution >= 0.6 is 0 Å². The first-order chi connectivity index (χ1) is 19.1. The minimum Gasteiger partial charge on any atom is -0.306 e. The number of hydrogen-bond acceptors (Lipinski definition) is 5. The number of alkyl halides is 3. The number of carbonyl (C=O) groups is 2.